The fraction of sp³-hybridized carbons (Fsp3) is 0.400. The van der Waals surface area contributed by atoms with E-state index in [4.69, 9.17) is 5.73 Å². The zero-order valence-electron chi connectivity index (χ0n) is 14.6. The number of likely N-dealkylation sites (tertiary alicyclic amines) is 1. The molecule has 3 N–H and O–H groups in total. The van der Waals surface area contributed by atoms with Crippen molar-refractivity contribution in [1.82, 2.24) is 9.88 Å². The van der Waals surface area contributed by atoms with Gasteiger partial charge in [-0.15, -0.1) is 0 Å². The van der Waals surface area contributed by atoms with Crippen molar-refractivity contribution in [2.45, 2.75) is 38.6 Å². The summed E-state index contributed by atoms with van der Waals surface area (Å²) in [4.78, 5) is 19.0. The topological polar surface area (TPSA) is 79.5 Å². The number of aromatic nitrogens is 1. The minimum Gasteiger partial charge on any atom is -0.508 e. The summed E-state index contributed by atoms with van der Waals surface area (Å²) in [5.41, 5.74) is 9.24. The van der Waals surface area contributed by atoms with Gasteiger partial charge in [-0.2, -0.15) is 0 Å². The van der Waals surface area contributed by atoms with E-state index in [9.17, 15) is 9.90 Å². The van der Waals surface area contributed by atoms with Crippen LogP contribution in [-0.4, -0.2) is 34.0 Å². The normalized spacial score (nSPS) is 15.4. The van der Waals surface area contributed by atoms with Crippen LogP contribution in [0.5, 0.6) is 5.75 Å². The number of hydrogen-bond donors (Lipinski definition) is 2. The molecule has 0 aliphatic carbocycles. The van der Waals surface area contributed by atoms with Crippen molar-refractivity contribution in [3.05, 3.63) is 58.9 Å². The Morgan fingerprint density at radius 3 is 2.76 bits per heavy atom. The molecule has 5 nitrogen and oxygen atoms in total. The van der Waals surface area contributed by atoms with E-state index in [1.165, 1.54) is 0 Å². The highest BCUT2D eigenvalue weighted by Crippen LogP contribution is 2.34. The van der Waals surface area contributed by atoms with Gasteiger partial charge in [0.25, 0.3) is 5.91 Å². The smallest absolute Gasteiger partial charge is 0.255 e. The van der Waals surface area contributed by atoms with E-state index in [2.05, 4.69) is 4.98 Å². The Bertz CT molecular complexity index is 752. The monoisotopic (exact) mass is 339 g/mol. The number of phenolic OH excluding ortho intramolecular Hbond substituents is 1. The Morgan fingerprint density at radius 2 is 2.08 bits per heavy atom. The lowest BCUT2D eigenvalue weighted by atomic mass is 9.87. The molecule has 0 atom stereocenters. The van der Waals surface area contributed by atoms with E-state index in [0.29, 0.717) is 30.9 Å². The minimum atomic E-state index is 0.0586. The van der Waals surface area contributed by atoms with Crippen molar-refractivity contribution in [2.24, 2.45) is 5.73 Å². The Hall–Kier alpha value is -2.40. The first-order valence-electron chi connectivity index (χ1n) is 8.89. The highest BCUT2D eigenvalue weighted by atomic mass is 16.3. The van der Waals surface area contributed by atoms with Crippen LogP contribution in [0.2, 0.25) is 0 Å². The summed E-state index contributed by atoms with van der Waals surface area (Å²) in [6.07, 6.45) is 4.16. The maximum Gasteiger partial charge on any atom is 0.255 e. The SMILES string of the molecule is CCc1ncccc1C(=O)N1CCC(c2cc(CN)ccc2O)CC1. The molecule has 1 aromatic carbocycles. The van der Waals surface area contributed by atoms with E-state index in [0.717, 1.165) is 36.1 Å². The fourth-order valence-corrected chi connectivity index (χ4v) is 3.54. The highest BCUT2D eigenvalue weighted by molar-refractivity contribution is 5.95. The number of pyridine rings is 1. The number of hydrogen-bond acceptors (Lipinski definition) is 4. The Kier molecular flexibility index (Phi) is 5.34. The Morgan fingerprint density at radius 1 is 1.32 bits per heavy atom. The number of rotatable bonds is 4. The minimum absolute atomic E-state index is 0.0586. The van der Waals surface area contributed by atoms with Gasteiger partial charge in [-0.25, -0.2) is 0 Å². The summed E-state index contributed by atoms with van der Waals surface area (Å²) in [6, 6.07) is 9.24. The first kappa shape index (κ1) is 17.4. The summed E-state index contributed by atoms with van der Waals surface area (Å²) < 4.78 is 0. The van der Waals surface area contributed by atoms with E-state index >= 15 is 0 Å². The van der Waals surface area contributed by atoms with Crippen LogP contribution in [0, 0.1) is 0 Å². The van der Waals surface area contributed by atoms with Gasteiger partial charge >= 0.3 is 0 Å². The molecular weight excluding hydrogens is 314 g/mol. The van der Waals surface area contributed by atoms with Crippen molar-refractivity contribution in [1.29, 1.82) is 0 Å². The van der Waals surface area contributed by atoms with Gasteiger partial charge in [0.05, 0.1) is 11.3 Å². The standard InChI is InChI=1S/C20H25N3O2/c1-2-18-16(4-3-9-22-18)20(25)23-10-7-15(8-11-23)17-12-14(13-21)5-6-19(17)24/h3-6,9,12,15,24H,2,7-8,10-11,13,21H2,1H3. The van der Waals surface area contributed by atoms with Crippen LogP contribution in [0.3, 0.4) is 0 Å². The van der Waals surface area contributed by atoms with Crippen molar-refractivity contribution in [2.75, 3.05) is 13.1 Å². The number of carbonyl (C=O) groups excluding carboxylic acids is 1. The average molecular weight is 339 g/mol. The lowest BCUT2D eigenvalue weighted by Crippen LogP contribution is -2.38. The van der Waals surface area contributed by atoms with Gasteiger partial charge in [0.15, 0.2) is 0 Å². The maximum atomic E-state index is 12.8. The zero-order valence-corrected chi connectivity index (χ0v) is 14.6. The quantitative estimate of drug-likeness (QED) is 0.898. The molecule has 3 rings (SSSR count). The summed E-state index contributed by atoms with van der Waals surface area (Å²) in [5.74, 6) is 0.640. The molecule has 0 spiro atoms. The second-order valence-corrected chi connectivity index (χ2v) is 6.51. The van der Waals surface area contributed by atoms with Crippen molar-refractivity contribution in [3.8, 4) is 5.75 Å². The van der Waals surface area contributed by atoms with Crippen LogP contribution in [0.4, 0.5) is 0 Å². The van der Waals surface area contributed by atoms with Crippen LogP contribution in [-0.2, 0) is 13.0 Å². The molecule has 1 aliphatic heterocycles. The van der Waals surface area contributed by atoms with Crippen molar-refractivity contribution < 1.29 is 9.90 Å². The molecule has 2 heterocycles. The van der Waals surface area contributed by atoms with Gasteiger partial charge < -0.3 is 15.7 Å². The number of nitrogens with two attached hydrogens (primary N) is 1. The van der Waals surface area contributed by atoms with E-state index in [1.807, 2.05) is 36.1 Å². The van der Waals surface area contributed by atoms with Crippen LogP contribution < -0.4 is 5.73 Å². The van der Waals surface area contributed by atoms with Gasteiger partial charge in [-0.3, -0.25) is 9.78 Å². The predicted molar refractivity (Wildman–Crippen MR) is 97.5 cm³/mol. The molecule has 5 heteroatoms. The first-order valence-corrected chi connectivity index (χ1v) is 8.89. The highest BCUT2D eigenvalue weighted by Gasteiger charge is 2.27. The summed E-state index contributed by atoms with van der Waals surface area (Å²) in [5, 5.41) is 10.2. The van der Waals surface area contributed by atoms with Gasteiger partial charge in [0, 0.05) is 25.8 Å². The third-order valence-electron chi connectivity index (χ3n) is 5.01. The van der Waals surface area contributed by atoms with Crippen molar-refractivity contribution >= 4 is 5.91 Å². The van der Waals surface area contributed by atoms with Gasteiger partial charge in [0.2, 0.25) is 0 Å². The Labute approximate surface area is 148 Å². The zero-order chi connectivity index (χ0) is 17.8. The number of phenols is 1. The molecule has 25 heavy (non-hydrogen) atoms. The van der Waals surface area contributed by atoms with Crippen LogP contribution in [0.15, 0.2) is 36.5 Å². The van der Waals surface area contributed by atoms with E-state index in [-0.39, 0.29) is 11.8 Å². The second kappa shape index (κ2) is 7.66. The molecule has 1 fully saturated rings. The van der Waals surface area contributed by atoms with Gasteiger partial charge in [-0.05, 0) is 54.5 Å². The molecule has 2 aromatic rings. The summed E-state index contributed by atoms with van der Waals surface area (Å²) in [6.45, 7) is 3.85. The third kappa shape index (κ3) is 3.66. The van der Waals surface area contributed by atoms with Gasteiger partial charge in [0.1, 0.15) is 5.75 Å². The van der Waals surface area contributed by atoms with Crippen molar-refractivity contribution in [3.63, 3.8) is 0 Å². The number of aromatic hydroxyl groups is 1. The number of nitrogens with zero attached hydrogens (tertiary/aromatic N) is 2. The summed E-state index contributed by atoms with van der Waals surface area (Å²) >= 11 is 0. The number of piperidine rings is 1. The predicted octanol–water partition coefficient (Wildman–Crippen LogP) is 2.83. The van der Waals surface area contributed by atoms with Crippen LogP contribution >= 0.6 is 0 Å². The third-order valence-corrected chi connectivity index (χ3v) is 5.01. The fourth-order valence-electron chi connectivity index (χ4n) is 3.54. The van der Waals surface area contributed by atoms with Gasteiger partial charge in [-0.1, -0.05) is 19.1 Å². The molecule has 132 valence electrons. The Balaban J connectivity index is 1.71. The first-order chi connectivity index (χ1) is 12.1. The van der Waals surface area contributed by atoms with E-state index in [1.54, 1.807) is 12.3 Å². The molecular formula is C20H25N3O2. The molecule has 0 saturated carbocycles. The molecule has 1 aromatic heterocycles. The maximum absolute atomic E-state index is 12.8. The van der Waals surface area contributed by atoms with E-state index < -0.39 is 0 Å². The molecule has 1 amide bonds. The molecule has 0 unspecified atom stereocenters. The molecule has 0 radical (unpaired) electrons. The number of amides is 1. The average Bonchev–Trinajstić information content (AvgIpc) is 2.68. The number of benzene rings is 1. The summed E-state index contributed by atoms with van der Waals surface area (Å²) in [7, 11) is 0. The number of aryl methyl sites for hydroxylation is 1. The molecule has 1 aliphatic rings. The van der Waals surface area contributed by atoms with Crippen LogP contribution in [0.1, 0.15) is 52.9 Å². The number of carbonyl (C=O) groups is 1. The largest absolute Gasteiger partial charge is 0.508 e. The molecule has 0 bridgehead atoms. The van der Waals surface area contributed by atoms with Crippen LogP contribution in [0.25, 0.3) is 0 Å². The molecule has 1 saturated heterocycles. The lowest BCUT2D eigenvalue weighted by Gasteiger charge is -2.33. The second-order valence-electron chi connectivity index (χ2n) is 6.51. The lowest BCUT2D eigenvalue weighted by molar-refractivity contribution is 0.0711.